The van der Waals surface area contributed by atoms with Crippen LogP contribution in [-0.4, -0.2) is 28.3 Å². The van der Waals surface area contributed by atoms with Gasteiger partial charge >= 0.3 is 6.03 Å². The van der Waals surface area contributed by atoms with Gasteiger partial charge in [0.2, 0.25) is 0 Å². The molecule has 0 radical (unpaired) electrons. The molecule has 106 valence electrons. The van der Waals surface area contributed by atoms with E-state index in [2.05, 4.69) is 10.6 Å². The number of anilines is 1. The second-order valence-electron chi connectivity index (χ2n) is 4.56. The molecular weight excluding hydrogens is 262 g/mol. The van der Waals surface area contributed by atoms with Gasteiger partial charge in [0.05, 0.1) is 0 Å². The summed E-state index contributed by atoms with van der Waals surface area (Å²) in [6.45, 7) is 4.09. The molecule has 0 spiro atoms. The van der Waals surface area contributed by atoms with Crippen molar-refractivity contribution in [3.63, 3.8) is 0 Å². The monoisotopic (exact) mass is 283 g/mol. The van der Waals surface area contributed by atoms with Gasteiger partial charge in [-0.05, 0) is 31.5 Å². The van der Waals surface area contributed by atoms with Crippen LogP contribution in [0, 0.1) is 0 Å². The Labute approximate surface area is 116 Å². The van der Waals surface area contributed by atoms with E-state index >= 15 is 0 Å². The molecule has 1 aromatic carbocycles. The smallest absolute Gasteiger partial charge is 0.319 e. The van der Waals surface area contributed by atoms with E-state index < -0.39 is 10.8 Å². The number of carbonyl (C=O) groups is 1. The average Bonchev–Trinajstić information content (AvgIpc) is 2.36. The molecule has 5 nitrogen and oxygen atoms in total. The van der Waals surface area contributed by atoms with Crippen molar-refractivity contribution in [1.82, 2.24) is 5.32 Å². The summed E-state index contributed by atoms with van der Waals surface area (Å²) in [5.74, 6) is 0. The third kappa shape index (κ3) is 5.40. The van der Waals surface area contributed by atoms with Crippen molar-refractivity contribution in [3.05, 3.63) is 29.8 Å². The lowest BCUT2D eigenvalue weighted by atomic mass is 10.1. The van der Waals surface area contributed by atoms with Gasteiger partial charge in [-0.15, -0.1) is 0 Å². The van der Waals surface area contributed by atoms with Gasteiger partial charge in [0.25, 0.3) is 0 Å². The van der Waals surface area contributed by atoms with Crippen LogP contribution in [0.25, 0.3) is 0 Å². The molecule has 3 unspecified atom stereocenters. The Kier molecular flexibility index (Phi) is 5.98. The summed E-state index contributed by atoms with van der Waals surface area (Å²) in [5, 5.41) is 5.35. The fourth-order valence-electron chi connectivity index (χ4n) is 1.43. The number of benzene rings is 1. The molecule has 6 heteroatoms. The first-order valence-electron chi connectivity index (χ1n) is 6.12. The van der Waals surface area contributed by atoms with Crippen molar-refractivity contribution in [1.29, 1.82) is 0 Å². The molecule has 0 saturated heterocycles. The number of urea groups is 1. The highest BCUT2D eigenvalue weighted by molar-refractivity contribution is 7.84. The molecule has 0 aliphatic rings. The van der Waals surface area contributed by atoms with Gasteiger partial charge in [0.15, 0.2) is 0 Å². The quantitative estimate of drug-likeness (QED) is 0.767. The molecular formula is C13H21N3O2S. The van der Waals surface area contributed by atoms with Crippen molar-refractivity contribution in [2.75, 3.05) is 18.1 Å². The van der Waals surface area contributed by atoms with Crippen LogP contribution in [0.5, 0.6) is 0 Å². The van der Waals surface area contributed by atoms with Crippen LogP contribution >= 0.6 is 0 Å². The molecule has 0 heterocycles. The van der Waals surface area contributed by atoms with Crippen molar-refractivity contribution < 1.29 is 9.00 Å². The van der Waals surface area contributed by atoms with Crippen LogP contribution in [0.2, 0.25) is 0 Å². The zero-order valence-electron chi connectivity index (χ0n) is 11.5. The van der Waals surface area contributed by atoms with Crippen LogP contribution in [0.1, 0.15) is 25.5 Å². The Morgan fingerprint density at radius 2 is 2.11 bits per heavy atom. The Morgan fingerprint density at radius 1 is 1.42 bits per heavy atom. The van der Waals surface area contributed by atoms with Crippen LogP contribution in [0.4, 0.5) is 10.5 Å². The lowest BCUT2D eigenvalue weighted by Gasteiger charge is -2.12. The molecule has 0 fully saturated rings. The predicted octanol–water partition coefficient (Wildman–Crippen LogP) is 1.59. The molecule has 19 heavy (non-hydrogen) atoms. The van der Waals surface area contributed by atoms with Gasteiger partial charge in [0.1, 0.15) is 0 Å². The molecule has 3 atom stereocenters. The molecule has 4 N–H and O–H groups in total. The number of rotatable bonds is 5. The second-order valence-corrected chi connectivity index (χ2v) is 6.36. The average molecular weight is 283 g/mol. The first kappa shape index (κ1) is 15.7. The van der Waals surface area contributed by atoms with Gasteiger partial charge in [-0.3, -0.25) is 4.21 Å². The fourth-order valence-corrected chi connectivity index (χ4v) is 1.75. The molecule has 0 aliphatic heterocycles. The van der Waals surface area contributed by atoms with E-state index in [1.54, 1.807) is 12.3 Å². The Morgan fingerprint density at radius 3 is 2.68 bits per heavy atom. The van der Waals surface area contributed by atoms with Gasteiger partial charge in [-0.1, -0.05) is 12.1 Å². The number of nitrogens with two attached hydrogens (primary N) is 1. The lowest BCUT2D eigenvalue weighted by molar-refractivity contribution is 0.252. The SMILES string of the molecule is CC(N)c1cccc(NC(=O)NCC(C)S(C)=O)c1. The first-order chi connectivity index (χ1) is 8.90. The molecule has 2 amide bonds. The van der Waals surface area contributed by atoms with Crippen molar-refractivity contribution in [3.8, 4) is 0 Å². The summed E-state index contributed by atoms with van der Waals surface area (Å²) >= 11 is 0. The molecule has 0 saturated carbocycles. The number of amides is 2. The van der Waals surface area contributed by atoms with E-state index in [0.717, 1.165) is 5.56 Å². The molecule has 1 rings (SSSR count). The van der Waals surface area contributed by atoms with Crippen molar-refractivity contribution in [2.45, 2.75) is 25.1 Å². The summed E-state index contributed by atoms with van der Waals surface area (Å²) < 4.78 is 11.2. The highest BCUT2D eigenvalue weighted by Crippen LogP contribution is 2.15. The van der Waals surface area contributed by atoms with E-state index in [1.165, 1.54) is 0 Å². The fraction of sp³-hybridized carbons (Fsp3) is 0.462. The van der Waals surface area contributed by atoms with Crippen LogP contribution in [0.3, 0.4) is 0 Å². The van der Waals surface area contributed by atoms with Crippen LogP contribution in [-0.2, 0) is 10.8 Å². The summed E-state index contributed by atoms with van der Waals surface area (Å²) in [5.41, 5.74) is 7.43. The third-order valence-corrected chi connectivity index (χ3v) is 4.09. The van der Waals surface area contributed by atoms with E-state index in [1.807, 2.05) is 32.0 Å². The van der Waals surface area contributed by atoms with Crippen molar-refractivity contribution in [2.24, 2.45) is 5.73 Å². The maximum atomic E-state index is 11.7. The van der Waals surface area contributed by atoms with Gasteiger partial charge < -0.3 is 16.4 Å². The minimum Gasteiger partial charge on any atom is -0.337 e. The topological polar surface area (TPSA) is 84.2 Å². The van der Waals surface area contributed by atoms with Gasteiger partial charge in [-0.2, -0.15) is 0 Å². The van der Waals surface area contributed by atoms with Gasteiger partial charge in [-0.25, -0.2) is 4.79 Å². The molecule has 0 bridgehead atoms. The zero-order valence-corrected chi connectivity index (χ0v) is 12.3. The molecule has 0 aromatic heterocycles. The summed E-state index contributed by atoms with van der Waals surface area (Å²) in [7, 11) is -0.942. The second kappa shape index (κ2) is 7.25. The number of hydrogen-bond acceptors (Lipinski definition) is 3. The van der Waals surface area contributed by atoms with E-state index in [0.29, 0.717) is 12.2 Å². The minimum absolute atomic E-state index is 0.0684. The molecule has 0 aliphatic carbocycles. The normalized spacial score (nSPS) is 15.4. The van der Waals surface area contributed by atoms with Crippen molar-refractivity contribution >= 4 is 22.5 Å². The maximum Gasteiger partial charge on any atom is 0.319 e. The standard InChI is InChI=1S/C13H21N3O2S/c1-9(19(3)18)8-15-13(17)16-12-6-4-5-11(7-12)10(2)14/h4-7,9-10H,8,14H2,1-3H3,(H2,15,16,17). The number of nitrogens with one attached hydrogen (secondary N) is 2. The highest BCUT2D eigenvalue weighted by Gasteiger charge is 2.09. The Hall–Kier alpha value is -1.40. The minimum atomic E-state index is -0.942. The predicted molar refractivity (Wildman–Crippen MR) is 79.6 cm³/mol. The Balaban J connectivity index is 2.53. The van der Waals surface area contributed by atoms with E-state index in [4.69, 9.17) is 5.73 Å². The maximum absolute atomic E-state index is 11.7. The van der Waals surface area contributed by atoms with Crippen LogP contribution < -0.4 is 16.4 Å². The summed E-state index contributed by atoms with van der Waals surface area (Å²) in [6.07, 6.45) is 1.62. The van der Waals surface area contributed by atoms with Crippen LogP contribution in [0.15, 0.2) is 24.3 Å². The highest BCUT2D eigenvalue weighted by atomic mass is 32.2. The number of hydrogen-bond donors (Lipinski definition) is 3. The number of carbonyl (C=O) groups excluding carboxylic acids is 1. The first-order valence-corrected chi connectivity index (χ1v) is 7.75. The summed E-state index contributed by atoms with van der Waals surface area (Å²) in [6, 6.07) is 7.01. The van der Waals surface area contributed by atoms with E-state index in [9.17, 15) is 9.00 Å². The third-order valence-electron chi connectivity index (χ3n) is 2.79. The van der Waals surface area contributed by atoms with Gasteiger partial charge in [0, 0.05) is 40.6 Å². The summed E-state index contributed by atoms with van der Waals surface area (Å²) in [4.78, 5) is 11.7. The Bertz CT molecular complexity index is 463. The zero-order chi connectivity index (χ0) is 14.4. The molecule has 1 aromatic rings. The largest absolute Gasteiger partial charge is 0.337 e. The lowest BCUT2D eigenvalue weighted by Crippen LogP contribution is -2.35. The van der Waals surface area contributed by atoms with E-state index in [-0.39, 0.29) is 17.3 Å².